The number of carboxylic acid groups (broad SMARTS) is 1. The highest BCUT2D eigenvalue weighted by Crippen LogP contribution is 2.27. The van der Waals surface area contributed by atoms with Crippen molar-refractivity contribution in [2.45, 2.75) is 37.8 Å². The monoisotopic (exact) mass is 288 g/mol. The molecule has 20 heavy (non-hydrogen) atoms. The molecule has 0 radical (unpaired) electrons. The lowest BCUT2D eigenvalue weighted by atomic mass is 9.86. The maximum Gasteiger partial charge on any atom is 0.309 e. The minimum atomic E-state index is -1.20. The lowest BCUT2D eigenvalue weighted by Gasteiger charge is -2.25. The van der Waals surface area contributed by atoms with Gasteiger partial charge in [0.2, 0.25) is 5.91 Å². The van der Waals surface area contributed by atoms with Crippen molar-refractivity contribution in [2.75, 3.05) is 13.2 Å². The number of nitrogens with two attached hydrogens (primary N) is 1. The Kier molecular flexibility index (Phi) is 6.40. The quantitative estimate of drug-likeness (QED) is 0.403. The Morgan fingerprint density at radius 2 is 2.00 bits per heavy atom. The second-order valence-corrected chi connectivity index (χ2v) is 4.85. The lowest BCUT2D eigenvalue weighted by Crippen LogP contribution is -2.49. The number of ether oxygens (including phenoxy) is 1. The van der Waals surface area contributed by atoms with Crippen LogP contribution in [0.1, 0.15) is 25.7 Å². The topological polar surface area (TPSA) is 139 Å². The van der Waals surface area contributed by atoms with Gasteiger partial charge in [-0.1, -0.05) is 6.42 Å². The molecule has 114 valence electrons. The van der Waals surface area contributed by atoms with Crippen LogP contribution in [-0.4, -0.2) is 53.4 Å². The zero-order valence-corrected chi connectivity index (χ0v) is 11.1. The van der Waals surface area contributed by atoms with E-state index >= 15 is 0 Å². The van der Waals surface area contributed by atoms with Crippen LogP contribution >= 0.6 is 0 Å². The van der Waals surface area contributed by atoms with Crippen LogP contribution in [0.2, 0.25) is 0 Å². The van der Waals surface area contributed by atoms with Crippen molar-refractivity contribution in [1.82, 2.24) is 5.32 Å². The van der Waals surface area contributed by atoms with Gasteiger partial charge in [0.1, 0.15) is 6.61 Å². The van der Waals surface area contributed by atoms with E-state index in [0.29, 0.717) is 0 Å². The summed E-state index contributed by atoms with van der Waals surface area (Å²) in [7, 11) is 0. The molecule has 0 bridgehead atoms. The van der Waals surface area contributed by atoms with E-state index < -0.39 is 37.0 Å². The molecule has 0 aromatic rings. The van der Waals surface area contributed by atoms with Gasteiger partial charge in [-0.25, -0.2) is 0 Å². The van der Waals surface area contributed by atoms with Gasteiger partial charge in [-0.3, -0.25) is 14.4 Å². The number of carbonyl (C=O) groups excluding carboxylic acids is 2. The first-order chi connectivity index (χ1) is 9.43. The van der Waals surface area contributed by atoms with E-state index in [2.05, 4.69) is 5.32 Å². The minimum Gasteiger partial charge on any atom is -0.481 e. The smallest absolute Gasteiger partial charge is 0.309 e. The number of nitrogens with one attached hydrogen (secondary N) is 1. The second-order valence-electron chi connectivity index (χ2n) is 4.85. The van der Waals surface area contributed by atoms with E-state index in [-0.39, 0.29) is 18.5 Å². The molecule has 1 saturated carbocycles. The minimum absolute atomic E-state index is 0.0840. The van der Waals surface area contributed by atoms with Crippen molar-refractivity contribution >= 4 is 17.8 Å². The zero-order chi connectivity index (χ0) is 15.1. The highest BCUT2D eigenvalue weighted by molar-refractivity contribution is 5.86. The van der Waals surface area contributed by atoms with Crippen molar-refractivity contribution in [2.24, 2.45) is 11.7 Å². The molecule has 0 aromatic carbocycles. The van der Waals surface area contributed by atoms with Gasteiger partial charge < -0.3 is 26.0 Å². The van der Waals surface area contributed by atoms with Crippen molar-refractivity contribution < 1.29 is 29.3 Å². The molecule has 2 atom stereocenters. The normalized spacial score (nSPS) is 17.7. The van der Waals surface area contributed by atoms with E-state index in [1.165, 1.54) is 0 Å². The molecule has 1 aliphatic carbocycles. The van der Waals surface area contributed by atoms with Crippen molar-refractivity contribution in [3.8, 4) is 0 Å². The molecule has 0 spiro atoms. The first-order valence-electron chi connectivity index (χ1n) is 6.49. The third-order valence-corrected chi connectivity index (χ3v) is 3.16. The molecule has 0 heterocycles. The molecular weight excluding hydrogens is 268 g/mol. The number of aliphatic hydroxyl groups excluding tert-OH is 1. The summed E-state index contributed by atoms with van der Waals surface area (Å²) >= 11 is 0. The maximum absolute atomic E-state index is 11.5. The number of carboxylic acids is 1. The predicted molar refractivity (Wildman–Crippen MR) is 67.5 cm³/mol. The predicted octanol–water partition coefficient (Wildman–Crippen LogP) is -1.39. The average Bonchev–Trinajstić information content (AvgIpc) is 2.30. The first-order valence-corrected chi connectivity index (χ1v) is 6.49. The Morgan fingerprint density at radius 3 is 2.45 bits per heavy atom. The van der Waals surface area contributed by atoms with Crippen LogP contribution in [0.3, 0.4) is 0 Å². The number of carbonyl (C=O) groups is 3. The molecule has 8 heteroatoms. The average molecular weight is 288 g/mol. The zero-order valence-electron chi connectivity index (χ0n) is 11.1. The van der Waals surface area contributed by atoms with Crippen molar-refractivity contribution in [3.05, 3.63) is 0 Å². The molecule has 1 amide bonds. The van der Waals surface area contributed by atoms with Gasteiger partial charge in [0, 0.05) is 0 Å². The SMILES string of the molecule is N[C@H](CC(=O)O)C(=O)N[C@@H](CO)COC(=O)C1CCC1. The van der Waals surface area contributed by atoms with Gasteiger partial charge in [-0.15, -0.1) is 0 Å². The van der Waals surface area contributed by atoms with Gasteiger partial charge >= 0.3 is 11.9 Å². The molecule has 8 nitrogen and oxygen atoms in total. The molecule has 0 aromatic heterocycles. The largest absolute Gasteiger partial charge is 0.481 e. The third kappa shape index (κ3) is 5.14. The summed E-state index contributed by atoms with van der Waals surface area (Å²) in [5.41, 5.74) is 5.37. The van der Waals surface area contributed by atoms with Crippen LogP contribution in [0.25, 0.3) is 0 Å². The van der Waals surface area contributed by atoms with Crippen LogP contribution < -0.4 is 11.1 Å². The summed E-state index contributed by atoms with van der Waals surface area (Å²) in [5.74, 6) is -2.31. The van der Waals surface area contributed by atoms with Crippen LogP contribution in [0.4, 0.5) is 0 Å². The fraction of sp³-hybridized carbons (Fsp3) is 0.750. The summed E-state index contributed by atoms with van der Waals surface area (Å²) in [4.78, 5) is 33.5. The highest BCUT2D eigenvalue weighted by atomic mass is 16.5. The van der Waals surface area contributed by atoms with Gasteiger partial charge in [0.25, 0.3) is 0 Å². The first kappa shape index (κ1) is 16.4. The Hall–Kier alpha value is -1.67. The molecule has 0 saturated heterocycles. The van der Waals surface area contributed by atoms with Gasteiger partial charge in [-0.05, 0) is 12.8 Å². The highest BCUT2D eigenvalue weighted by Gasteiger charge is 2.28. The van der Waals surface area contributed by atoms with Crippen LogP contribution in [0, 0.1) is 5.92 Å². The third-order valence-electron chi connectivity index (χ3n) is 3.16. The molecule has 1 aliphatic rings. The molecule has 5 N–H and O–H groups in total. The van der Waals surface area contributed by atoms with E-state index in [1.807, 2.05) is 0 Å². The summed E-state index contributed by atoms with van der Waals surface area (Å²) in [5, 5.41) is 20.0. The van der Waals surface area contributed by atoms with Crippen molar-refractivity contribution in [1.29, 1.82) is 0 Å². The molecule has 0 aliphatic heterocycles. The van der Waals surface area contributed by atoms with Gasteiger partial charge in [-0.2, -0.15) is 0 Å². The number of rotatable bonds is 8. The summed E-state index contributed by atoms with van der Waals surface area (Å²) in [6.45, 7) is -0.582. The molecule has 0 unspecified atom stereocenters. The van der Waals surface area contributed by atoms with E-state index in [1.54, 1.807) is 0 Å². The van der Waals surface area contributed by atoms with E-state index in [9.17, 15) is 14.4 Å². The summed E-state index contributed by atoms with van der Waals surface area (Å²) in [6, 6.07) is -1.99. The fourth-order valence-electron chi connectivity index (χ4n) is 1.67. The molecular formula is C12H20N2O6. The number of esters is 1. The number of amides is 1. The van der Waals surface area contributed by atoms with E-state index in [4.69, 9.17) is 20.7 Å². The Balaban J connectivity index is 2.32. The van der Waals surface area contributed by atoms with Crippen LogP contribution in [0.15, 0.2) is 0 Å². The second kappa shape index (κ2) is 7.81. The van der Waals surface area contributed by atoms with E-state index in [0.717, 1.165) is 19.3 Å². The summed E-state index contributed by atoms with van der Waals surface area (Å²) < 4.78 is 4.99. The lowest BCUT2D eigenvalue weighted by molar-refractivity contribution is -0.153. The van der Waals surface area contributed by atoms with Gasteiger partial charge in [0.15, 0.2) is 0 Å². The summed E-state index contributed by atoms with van der Waals surface area (Å²) in [6.07, 6.45) is 2.10. The maximum atomic E-state index is 11.5. The number of aliphatic carboxylic acids is 1. The Labute approximate surface area is 116 Å². The Bertz CT molecular complexity index is 369. The number of hydrogen-bond acceptors (Lipinski definition) is 6. The fourth-order valence-corrected chi connectivity index (χ4v) is 1.67. The number of aliphatic hydroxyl groups is 1. The Morgan fingerprint density at radius 1 is 1.35 bits per heavy atom. The molecule has 1 fully saturated rings. The number of hydrogen-bond donors (Lipinski definition) is 4. The van der Waals surface area contributed by atoms with Crippen LogP contribution in [-0.2, 0) is 19.1 Å². The van der Waals surface area contributed by atoms with Crippen LogP contribution in [0.5, 0.6) is 0 Å². The van der Waals surface area contributed by atoms with Crippen molar-refractivity contribution in [3.63, 3.8) is 0 Å². The molecule has 1 rings (SSSR count). The van der Waals surface area contributed by atoms with Gasteiger partial charge in [0.05, 0.1) is 31.0 Å². The standard InChI is InChI=1S/C12H20N2O6/c13-9(4-10(16)17)11(18)14-8(5-15)6-20-12(19)7-2-1-3-7/h7-9,15H,1-6,13H2,(H,14,18)(H,16,17)/t8-,9+/m0/s1.